The molecule has 1 amide bonds. The molecule has 2 aromatic heterocycles. The molecule has 0 bridgehead atoms. The minimum Gasteiger partial charge on any atom is -0.345 e. The number of pyridine rings is 1. The van der Waals surface area contributed by atoms with E-state index in [2.05, 4.69) is 25.9 Å². The maximum Gasteiger partial charge on any atom is 0.254 e. The van der Waals surface area contributed by atoms with Crippen molar-refractivity contribution < 1.29 is 4.79 Å². The van der Waals surface area contributed by atoms with Crippen LogP contribution in [0.1, 0.15) is 15.9 Å². The van der Waals surface area contributed by atoms with Crippen LogP contribution in [-0.2, 0) is 6.54 Å². The van der Waals surface area contributed by atoms with E-state index in [9.17, 15) is 4.79 Å². The summed E-state index contributed by atoms with van der Waals surface area (Å²) in [6.07, 6.45) is 5.34. The lowest BCUT2D eigenvalue weighted by atomic mass is 10.1. The van der Waals surface area contributed by atoms with Gasteiger partial charge in [-0.05, 0) is 29.8 Å². The zero-order valence-electron chi connectivity index (χ0n) is 13.4. The van der Waals surface area contributed by atoms with Gasteiger partial charge in [0.15, 0.2) is 0 Å². The van der Waals surface area contributed by atoms with Gasteiger partial charge in [-0.1, -0.05) is 6.07 Å². The van der Waals surface area contributed by atoms with Gasteiger partial charge in [-0.15, -0.1) is 0 Å². The summed E-state index contributed by atoms with van der Waals surface area (Å²) in [6.45, 7) is 4.15. The molecule has 24 heavy (non-hydrogen) atoms. The van der Waals surface area contributed by atoms with Crippen LogP contribution >= 0.6 is 0 Å². The molecule has 6 heteroatoms. The Labute approximate surface area is 140 Å². The number of nitrogens with zero attached hydrogens (tertiary/aromatic N) is 4. The number of carbonyl (C=O) groups is 1. The number of rotatable bonds is 3. The molecule has 1 aliphatic rings. The number of amides is 1. The molecule has 0 saturated carbocycles. The number of imidazole rings is 1. The molecule has 1 saturated heterocycles. The fourth-order valence-electron chi connectivity index (χ4n) is 3.11. The molecule has 122 valence electrons. The van der Waals surface area contributed by atoms with E-state index in [4.69, 9.17) is 0 Å². The highest BCUT2D eigenvalue weighted by atomic mass is 16.2. The molecule has 6 nitrogen and oxygen atoms in total. The molecule has 3 aromatic rings. The average Bonchev–Trinajstić information content (AvgIpc) is 3.10. The van der Waals surface area contributed by atoms with Crippen LogP contribution in [0.3, 0.4) is 0 Å². The van der Waals surface area contributed by atoms with Gasteiger partial charge in [0.1, 0.15) is 0 Å². The minimum atomic E-state index is 0.0903. The van der Waals surface area contributed by atoms with E-state index in [1.165, 1.54) is 5.56 Å². The summed E-state index contributed by atoms with van der Waals surface area (Å²) in [7, 11) is 0. The monoisotopic (exact) mass is 321 g/mol. The van der Waals surface area contributed by atoms with Crippen LogP contribution in [0, 0.1) is 0 Å². The topological polar surface area (TPSA) is 65.1 Å². The number of aromatic nitrogens is 3. The van der Waals surface area contributed by atoms with E-state index in [1.807, 2.05) is 35.4 Å². The number of fused-ring (bicyclic) bond motifs is 1. The number of benzene rings is 1. The third-order valence-corrected chi connectivity index (χ3v) is 4.46. The Kier molecular flexibility index (Phi) is 3.96. The zero-order valence-corrected chi connectivity index (χ0v) is 13.4. The summed E-state index contributed by atoms with van der Waals surface area (Å²) >= 11 is 0. The van der Waals surface area contributed by atoms with Gasteiger partial charge in [0.25, 0.3) is 5.91 Å². The van der Waals surface area contributed by atoms with Crippen LogP contribution in [0.15, 0.2) is 49.1 Å². The first kappa shape index (κ1) is 14.8. The van der Waals surface area contributed by atoms with Gasteiger partial charge in [0.2, 0.25) is 0 Å². The standard InChI is InChI=1S/C18H19N5O/c24-18(15-3-4-16-17(10-15)21-13-20-16)23-8-6-22(7-9-23)12-14-2-1-5-19-11-14/h1-5,10-11,13H,6-9,12H2,(H,20,21). The summed E-state index contributed by atoms with van der Waals surface area (Å²) in [5.41, 5.74) is 3.71. The lowest BCUT2D eigenvalue weighted by Gasteiger charge is -2.34. The number of hydrogen-bond donors (Lipinski definition) is 1. The van der Waals surface area contributed by atoms with Gasteiger partial charge in [-0.3, -0.25) is 14.7 Å². The van der Waals surface area contributed by atoms with Crippen molar-refractivity contribution in [3.63, 3.8) is 0 Å². The Morgan fingerprint density at radius 2 is 2.04 bits per heavy atom. The van der Waals surface area contributed by atoms with Crippen LogP contribution in [0.25, 0.3) is 11.0 Å². The Balaban J connectivity index is 1.39. The molecule has 0 unspecified atom stereocenters. The Bertz CT molecular complexity index is 837. The minimum absolute atomic E-state index is 0.0903. The third kappa shape index (κ3) is 3.00. The molecule has 0 atom stereocenters. The second kappa shape index (κ2) is 6.41. The first-order valence-corrected chi connectivity index (χ1v) is 8.13. The van der Waals surface area contributed by atoms with Crippen LogP contribution < -0.4 is 0 Å². The fraction of sp³-hybridized carbons (Fsp3) is 0.278. The van der Waals surface area contributed by atoms with Crippen molar-refractivity contribution in [2.75, 3.05) is 26.2 Å². The molecule has 0 radical (unpaired) electrons. The highest BCUT2D eigenvalue weighted by Crippen LogP contribution is 2.15. The van der Waals surface area contributed by atoms with Crippen molar-refractivity contribution >= 4 is 16.9 Å². The van der Waals surface area contributed by atoms with E-state index in [1.54, 1.807) is 12.5 Å². The Morgan fingerprint density at radius 1 is 1.17 bits per heavy atom. The zero-order chi connectivity index (χ0) is 16.4. The van der Waals surface area contributed by atoms with E-state index < -0.39 is 0 Å². The van der Waals surface area contributed by atoms with Crippen molar-refractivity contribution in [1.82, 2.24) is 24.8 Å². The summed E-state index contributed by atoms with van der Waals surface area (Å²) < 4.78 is 0. The second-order valence-electron chi connectivity index (χ2n) is 6.06. The fourth-order valence-corrected chi connectivity index (χ4v) is 3.11. The SMILES string of the molecule is O=C(c1ccc2nc[nH]c2c1)N1CCN(Cc2cccnc2)CC1. The van der Waals surface area contributed by atoms with Crippen molar-refractivity contribution in [3.8, 4) is 0 Å². The van der Waals surface area contributed by atoms with Gasteiger partial charge in [0, 0.05) is 50.7 Å². The first-order chi connectivity index (χ1) is 11.8. The molecule has 3 heterocycles. The molecule has 1 aliphatic heterocycles. The second-order valence-corrected chi connectivity index (χ2v) is 6.06. The molecular weight excluding hydrogens is 302 g/mol. The van der Waals surface area contributed by atoms with E-state index in [0.29, 0.717) is 5.56 Å². The predicted molar refractivity (Wildman–Crippen MR) is 91.5 cm³/mol. The van der Waals surface area contributed by atoms with Crippen LogP contribution in [-0.4, -0.2) is 56.8 Å². The highest BCUT2D eigenvalue weighted by molar-refractivity contribution is 5.97. The molecule has 0 aliphatic carbocycles. The molecule has 4 rings (SSSR count). The maximum atomic E-state index is 12.7. The van der Waals surface area contributed by atoms with E-state index >= 15 is 0 Å². The number of hydrogen-bond acceptors (Lipinski definition) is 4. The summed E-state index contributed by atoms with van der Waals surface area (Å²) in [4.78, 5) is 28.4. The number of H-pyrrole nitrogens is 1. The van der Waals surface area contributed by atoms with E-state index in [0.717, 1.165) is 43.8 Å². The Morgan fingerprint density at radius 3 is 2.83 bits per heavy atom. The number of piperazine rings is 1. The van der Waals surface area contributed by atoms with Gasteiger partial charge >= 0.3 is 0 Å². The normalized spacial score (nSPS) is 15.8. The summed E-state index contributed by atoms with van der Waals surface area (Å²) in [5, 5.41) is 0. The first-order valence-electron chi connectivity index (χ1n) is 8.13. The summed E-state index contributed by atoms with van der Waals surface area (Å²) in [6, 6.07) is 9.67. The van der Waals surface area contributed by atoms with Gasteiger partial charge in [-0.2, -0.15) is 0 Å². The number of carbonyl (C=O) groups excluding carboxylic acids is 1. The lowest BCUT2D eigenvalue weighted by Crippen LogP contribution is -2.48. The lowest BCUT2D eigenvalue weighted by molar-refractivity contribution is 0.0628. The van der Waals surface area contributed by atoms with Crippen molar-refractivity contribution in [2.24, 2.45) is 0 Å². The van der Waals surface area contributed by atoms with Gasteiger partial charge in [-0.25, -0.2) is 4.98 Å². The van der Waals surface area contributed by atoms with Crippen molar-refractivity contribution in [3.05, 3.63) is 60.2 Å². The van der Waals surface area contributed by atoms with E-state index in [-0.39, 0.29) is 5.91 Å². The van der Waals surface area contributed by atoms with Crippen molar-refractivity contribution in [1.29, 1.82) is 0 Å². The number of nitrogens with one attached hydrogen (secondary N) is 1. The quantitative estimate of drug-likeness (QED) is 0.800. The average molecular weight is 321 g/mol. The summed E-state index contributed by atoms with van der Waals surface area (Å²) in [5.74, 6) is 0.0903. The third-order valence-electron chi connectivity index (χ3n) is 4.46. The van der Waals surface area contributed by atoms with Crippen molar-refractivity contribution in [2.45, 2.75) is 6.54 Å². The molecular formula is C18H19N5O. The van der Waals surface area contributed by atoms with Gasteiger partial charge in [0.05, 0.1) is 17.4 Å². The highest BCUT2D eigenvalue weighted by Gasteiger charge is 2.22. The van der Waals surface area contributed by atoms with Crippen LogP contribution in [0.4, 0.5) is 0 Å². The van der Waals surface area contributed by atoms with Crippen LogP contribution in [0.5, 0.6) is 0 Å². The number of aromatic amines is 1. The molecule has 1 fully saturated rings. The predicted octanol–water partition coefficient (Wildman–Crippen LogP) is 1.92. The smallest absolute Gasteiger partial charge is 0.254 e. The largest absolute Gasteiger partial charge is 0.345 e. The molecule has 1 N–H and O–H groups in total. The van der Waals surface area contributed by atoms with Gasteiger partial charge < -0.3 is 9.88 Å². The Hall–Kier alpha value is -2.73. The maximum absolute atomic E-state index is 12.7. The molecule has 1 aromatic carbocycles. The van der Waals surface area contributed by atoms with Crippen LogP contribution in [0.2, 0.25) is 0 Å². The molecule has 0 spiro atoms.